The van der Waals surface area contributed by atoms with Gasteiger partial charge in [-0.25, -0.2) is 0 Å². The predicted molar refractivity (Wildman–Crippen MR) is 101 cm³/mol. The second kappa shape index (κ2) is 7.60. The fraction of sp³-hybridized carbons (Fsp3) is 0.333. The van der Waals surface area contributed by atoms with E-state index in [1.165, 1.54) is 35.2 Å². The summed E-state index contributed by atoms with van der Waals surface area (Å²) in [6, 6.07) is 21.9. The van der Waals surface area contributed by atoms with E-state index >= 15 is 0 Å². The minimum atomic E-state index is -1.67. The molecule has 1 unspecified atom stereocenters. The monoisotopic (exact) mass is 308 g/mol. The molecule has 0 aromatic heterocycles. The molecule has 0 N–H and O–H groups in total. The van der Waals surface area contributed by atoms with Crippen molar-refractivity contribution in [1.82, 2.24) is 0 Å². The highest BCUT2D eigenvalue weighted by atomic mass is 28.3. The molecule has 2 rings (SSSR count). The Kier molecular flexibility index (Phi) is 5.79. The van der Waals surface area contributed by atoms with Crippen LogP contribution in [0.15, 0.2) is 72.4 Å². The summed E-state index contributed by atoms with van der Waals surface area (Å²) < 4.78 is 0. The van der Waals surface area contributed by atoms with Crippen molar-refractivity contribution in [1.29, 1.82) is 0 Å². The maximum atomic E-state index is 4.59. The molecule has 22 heavy (non-hydrogen) atoms. The molecule has 0 bridgehead atoms. The maximum Gasteiger partial charge on any atom is 0.107 e. The molecule has 0 aliphatic rings. The van der Waals surface area contributed by atoms with Crippen molar-refractivity contribution < 1.29 is 0 Å². The molecule has 0 radical (unpaired) electrons. The standard InChI is InChI=1S/C21H28Si/c1-5-6-17-21(19-13-9-7-10-14-19)18(2)22(3,4)20-15-11-8-12-16-20/h7-16,21H,2,5-6,17H2,1,3-4H3. The van der Waals surface area contributed by atoms with E-state index in [1.54, 1.807) is 0 Å². The third-order valence-electron chi connectivity index (χ3n) is 4.77. The molecule has 2 aromatic carbocycles. The van der Waals surface area contributed by atoms with E-state index in [9.17, 15) is 0 Å². The summed E-state index contributed by atoms with van der Waals surface area (Å²) in [6.07, 6.45) is 3.71. The highest BCUT2D eigenvalue weighted by Crippen LogP contribution is 2.34. The maximum absolute atomic E-state index is 4.59. The molecule has 0 fully saturated rings. The van der Waals surface area contributed by atoms with Crippen molar-refractivity contribution in [3.8, 4) is 0 Å². The van der Waals surface area contributed by atoms with E-state index in [2.05, 4.69) is 87.3 Å². The number of hydrogen-bond donors (Lipinski definition) is 0. The van der Waals surface area contributed by atoms with Crippen LogP contribution in [-0.4, -0.2) is 8.07 Å². The van der Waals surface area contributed by atoms with Crippen molar-refractivity contribution in [3.63, 3.8) is 0 Å². The second-order valence-corrected chi connectivity index (χ2v) is 11.1. The normalized spacial score (nSPS) is 12.9. The highest BCUT2D eigenvalue weighted by Gasteiger charge is 2.32. The summed E-state index contributed by atoms with van der Waals surface area (Å²) in [6.45, 7) is 11.7. The highest BCUT2D eigenvalue weighted by molar-refractivity contribution is 6.95. The first-order valence-electron chi connectivity index (χ1n) is 8.37. The van der Waals surface area contributed by atoms with Crippen LogP contribution < -0.4 is 5.19 Å². The lowest BCUT2D eigenvalue weighted by Crippen LogP contribution is -2.45. The molecule has 1 heteroatoms. The van der Waals surface area contributed by atoms with E-state index in [0.29, 0.717) is 5.92 Å². The van der Waals surface area contributed by atoms with Gasteiger partial charge in [0, 0.05) is 5.92 Å². The Morgan fingerprint density at radius 3 is 2.05 bits per heavy atom. The van der Waals surface area contributed by atoms with Crippen molar-refractivity contribution in [2.45, 2.75) is 45.2 Å². The third kappa shape index (κ3) is 3.78. The zero-order chi connectivity index (χ0) is 16.0. The fourth-order valence-corrected chi connectivity index (χ4v) is 5.69. The van der Waals surface area contributed by atoms with Gasteiger partial charge in [0.1, 0.15) is 8.07 Å². The first kappa shape index (κ1) is 16.8. The third-order valence-corrected chi connectivity index (χ3v) is 8.50. The zero-order valence-electron chi connectivity index (χ0n) is 14.2. The van der Waals surface area contributed by atoms with Gasteiger partial charge in [0.25, 0.3) is 0 Å². The smallest absolute Gasteiger partial charge is 0.103 e. The Morgan fingerprint density at radius 2 is 1.50 bits per heavy atom. The van der Waals surface area contributed by atoms with E-state index in [-0.39, 0.29) is 0 Å². The van der Waals surface area contributed by atoms with Crippen LogP contribution in [0.4, 0.5) is 0 Å². The Balaban J connectivity index is 2.33. The SMILES string of the molecule is C=C(C(CCCC)c1ccccc1)[Si](C)(C)c1ccccc1. The van der Waals surface area contributed by atoms with Crippen LogP contribution >= 0.6 is 0 Å². The van der Waals surface area contributed by atoms with Gasteiger partial charge in [0.05, 0.1) is 0 Å². The van der Waals surface area contributed by atoms with E-state index in [1.807, 2.05) is 0 Å². The molecule has 116 valence electrons. The minimum absolute atomic E-state index is 0.489. The van der Waals surface area contributed by atoms with Gasteiger partial charge in [0.15, 0.2) is 0 Å². The van der Waals surface area contributed by atoms with E-state index in [0.717, 1.165) is 0 Å². The van der Waals surface area contributed by atoms with Gasteiger partial charge in [-0.2, -0.15) is 0 Å². The van der Waals surface area contributed by atoms with Crippen LogP contribution in [0.2, 0.25) is 13.1 Å². The average Bonchev–Trinajstić information content (AvgIpc) is 2.57. The van der Waals surface area contributed by atoms with Crippen molar-refractivity contribution in [2.75, 3.05) is 0 Å². The molecule has 0 amide bonds. The number of hydrogen-bond acceptors (Lipinski definition) is 0. The van der Waals surface area contributed by atoms with Crippen LogP contribution in [0.1, 0.15) is 37.7 Å². The Labute approximate surface area is 136 Å². The summed E-state index contributed by atoms with van der Waals surface area (Å²) in [5, 5.41) is 2.94. The number of rotatable bonds is 7. The number of benzene rings is 2. The molecule has 2 aromatic rings. The van der Waals surface area contributed by atoms with Gasteiger partial charge < -0.3 is 0 Å². The van der Waals surface area contributed by atoms with Gasteiger partial charge in [-0.15, -0.1) is 6.58 Å². The fourth-order valence-electron chi connectivity index (χ4n) is 3.11. The van der Waals surface area contributed by atoms with Gasteiger partial charge in [-0.05, 0) is 12.0 Å². The Hall–Kier alpha value is -1.60. The predicted octanol–water partition coefficient (Wildman–Crippen LogP) is 5.67. The lowest BCUT2D eigenvalue weighted by atomic mass is 9.93. The quantitative estimate of drug-likeness (QED) is 0.578. The molecular weight excluding hydrogens is 280 g/mol. The zero-order valence-corrected chi connectivity index (χ0v) is 15.2. The molecule has 0 aliphatic heterocycles. The number of unbranched alkanes of at least 4 members (excludes halogenated alkanes) is 1. The molecule has 0 spiro atoms. The molecular formula is C21H28Si. The Bertz CT molecular complexity index is 584. The van der Waals surface area contributed by atoms with Gasteiger partial charge in [-0.3, -0.25) is 0 Å². The summed E-state index contributed by atoms with van der Waals surface area (Å²) in [4.78, 5) is 0. The molecule has 0 aliphatic carbocycles. The lowest BCUT2D eigenvalue weighted by molar-refractivity contribution is 0.655. The van der Waals surface area contributed by atoms with E-state index in [4.69, 9.17) is 0 Å². The molecule has 0 nitrogen and oxygen atoms in total. The van der Waals surface area contributed by atoms with Gasteiger partial charge in [-0.1, -0.05) is 104 Å². The molecule has 0 heterocycles. The molecule has 1 atom stereocenters. The number of allylic oxidation sites excluding steroid dienone is 1. The molecule has 0 saturated carbocycles. The first-order valence-corrected chi connectivity index (χ1v) is 11.4. The van der Waals surface area contributed by atoms with Crippen molar-refractivity contribution in [3.05, 3.63) is 78.0 Å². The average molecular weight is 309 g/mol. The van der Waals surface area contributed by atoms with Crippen LogP contribution in [0, 0.1) is 0 Å². The first-order chi connectivity index (χ1) is 10.6. The lowest BCUT2D eigenvalue weighted by Gasteiger charge is -2.32. The van der Waals surface area contributed by atoms with Gasteiger partial charge >= 0.3 is 0 Å². The molecule has 0 saturated heterocycles. The topological polar surface area (TPSA) is 0 Å². The summed E-state index contributed by atoms with van der Waals surface area (Å²) in [5.41, 5.74) is 1.43. The van der Waals surface area contributed by atoms with Crippen LogP contribution in [0.25, 0.3) is 0 Å². The van der Waals surface area contributed by atoms with Crippen LogP contribution in [0.3, 0.4) is 0 Å². The second-order valence-electron chi connectivity index (χ2n) is 6.62. The summed E-state index contributed by atoms with van der Waals surface area (Å²) in [5.74, 6) is 0.489. The summed E-state index contributed by atoms with van der Waals surface area (Å²) >= 11 is 0. The van der Waals surface area contributed by atoms with E-state index < -0.39 is 8.07 Å². The van der Waals surface area contributed by atoms with Crippen LogP contribution in [0.5, 0.6) is 0 Å². The largest absolute Gasteiger partial charge is 0.107 e. The minimum Gasteiger partial charge on any atom is -0.103 e. The van der Waals surface area contributed by atoms with Crippen molar-refractivity contribution >= 4 is 13.3 Å². The van der Waals surface area contributed by atoms with Crippen molar-refractivity contribution in [2.24, 2.45) is 0 Å². The Morgan fingerprint density at radius 1 is 0.955 bits per heavy atom. The van der Waals surface area contributed by atoms with Gasteiger partial charge in [0.2, 0.25) is 0 Å². The van der Waals surface area contributed by atoms with Crippen LogP contribution in [-0.2, 0) is 0 Å². The summed E-state index contributed by atoms with van der Waals surface area (Å²) in [7, 11) is -1.67.